The van der Waals surface area contributed by atoms with Gasteiger partial charge in [0.15, 0.2) is 5.78 Å². The molecule has 4 N–H and O–H groups in total. The summed E-state index contributed by atoms with van der Waals surface area (Å²) < 4.78 is 0. The fourth-order valence-corrected chi connectivity index (χ4v) is 1.02. The largest absolute Gasteiger partial charge is 0.351 e. The van der Waals surface area contributed by atoms with Crippen molar-refractivity contribution in [2.45, 2.75) is 0 Å². The maximum Gasteiger partial charge on any atom is 0.316 e. The van der Waals surface area contributed by atoms with Crippen LogP contribution in [0.4, 0.5) is 4.79 Å². The number of hydrogen-bond donors (Lipinski definition) is 3. The summed E-state index contributed by atoms with van der Waals surface area (Å²) >= 11 is 5.52. The minimum absolute atomic E-state index is 0.0174. The number of amides is 2. The van der Waals surface area contributed by atoms with Crippen LogP contribution in [0.15, 0.2) is 22.9 Å². The van der Waals surface area contributed by atoms with Crippen LogP contribution >= 0.6 is 11.6 Å². The van der Waals surface area contributed by atoms with E-state index in [2.05, 4.69) is 5.32 Å². The second-order valence-electron chi connectivity index (χ2n) is 2.32. The van der Waals surface area contributed by atoms with Crippen molar-refractivity contribution in [3.8, 4) is 0 Å². The molecule has 5 nitrogen and oxygen atoms in total. The lowest BCUT2D eigenvalue weighted by Crippen LogP contribution is -2.33. The average molecular weight is 200 g/mol. The zero-order valence-electron chi connectivity index (χ0n) is 6.43. The van der Waals surface area contributed by atoms with E-state index in [-0.39, 0.29) is 22.2 Å². The number of ketones is 1. The van der Waals surface area contributed by atoms with E-state index in [9.17, 15) is 9.59 Å². The lowest BCUT2D eigenvalue weighted by molar-refractivity contribution is -0.110. The number of rotatable bonds is 1. The van der Waals surface area contributed by atoms with E-state index in [1.165, 1.54) is 0 Å². The van der Waals surface area contributed by atoms with Crippen LogP contribution in [0.2, 0.25) is 0 Å². The molecule has 0 spiro atoms. The predicted molar refractivity (Wildman–Crippen MR) is 47.5 cm³/mol. The highest BCUT2D eigenvalue weighted by molar-refractivity contribution is 6.48. The molecule has 0 saturated carbocycles. The van der Waals surface area contributed by atoms with Gasteiger partial charge in [0, 0.05) is 12.2 Å². The van der Waals surface area contributed by atoms with Crippen molar-refractivity contribution in [2.75, 3.05) is 0 Å². The van der Waals surface area contributed by atoms with Crippen LogP contribution < -0.4 is 11.1 Å². The Hall–Kier alpha value is -1.62. The zero-order valence-corrected chi connectivity index (χ0v) is 7.18. The van der Waals surface area contributed by atoms with Gasteiger partial charge in [-0.05, 0) is 0 Å². The quantitative estimate of drug-likeness (QED) is 0.529. The lowest BCUT2D eigenvalue weighted by Gasteiger charge is -2.11. The summed E-state index contributed by atoms with van der Waals surface area (Å²) in [5.74, 6) is -0.384. The third-order valence-corrected chi connectivity index (χ3v) is 1.62. The first kappa shape index (κ1) is 9.47. The molecule has 0 radical (unpaired) electrons. The van der Waals surface area contributed by atoms with E-state index in [1.54, 1.807) is 0 Å². The molecule has 6 heteroatoms. The molecular formula is C7H6ClN3O2. The molecular weight excluding hydrogens is 194 g/mol. The number of halogens is 1. The third-order valence-electron chi connectivity index (χ3n) is 1.32. The van der Waals surface area contributed by atoms with E-state index in [1.807, 2.05) is 0 Å². The highest BCUT2D eigenvalue weighted by Crippen LogP contribution is 2.14. The molecule has 68 valence electrons. The Labute approximate surface area is 78.7 Å². The van der Waals surface area contributed by atoms with Crippen LogP contribution in [-0.2, 0) is 4.79 Å². The number of urea groups is 1. The van der Waals surface area contributed by atoms with Gasteiger partial charge in [-0.3, -0.25) is 10.2 Å². The van der Waals surface area contributed by atoms with E-state index in [4.69, 9.17) is 22.7 Å². The number of allylic oxidation sites excluding steroid dienone is 3. The number of nitrogens with one attached hydrogen (secondary N) is 2. The smallest absolute Gasteiger partial charge is 0.316 e. The second-order valence-corrected chi connectivity index (χ2v) is 2.72. The Morgan fingerprint density at radius 3 is 2.69 bits per heavy atom. The number of hydrogen-bond acceptors (Lipinski definition) is 3. The number of carbonyl (C=O) groups excluding carboxylic acids is 2. The van der Waals surface area contributed by atoms with Crippen LogP contribution in [0.1, 0.15) is 0 Å². The van der Waals surface area contributed by atoms with E-state index in [0.717, 1.165) is 12.2 Å². The average Bonchev–Trinajstić information content (AvgIpc) is 1.98. The van der Waals surface area contributed by atoms with Gasteiger partial charge in [0.2, 0.25) is 0 Å². The molecule has 0 aromatic heterocycles. The molecule has 0 bridgehead atoms. The lowest BCUT2D eigenvalue weighted by atomic mass is 10.1. The molecule has 1 aliphatic rings. The van der Waals surface area contributed by atoms with E-state index in [0.29, 0.717) is 0 Å². The van der Waals surface area contributed by atoms with Crippen LogP contribution in [-0.4, -0.2) is 17.5 Å². The minimum Gasteiger partial charge on any atom is -0.351 e. The molecule has 0 atom stereocenters. The molecule has 2 amide bonds. The summed E-state index contributed by atoms with van der Waals surface area (Å²) in [4.78, 5) is 21.3. The molecule has 0 saturated heterocycles. The molecule has 1 rings (SSSR count). The third kappa shape index (κ3) is 2.16. The molecule has 13 heavy (non-hydrogen) atoms. The SMILES string of the molecule is N=C1C(Cl)=CC(=O)C=C1NC(N)=O. The van der Waals surface area contributed by atoms with Crippen molar-refractivity contribution < 1.29 is 9.59 Å². The van der Waals surface area contributed by atoms with Crippen molar-refractivity contribution in [3.63, 3.8) is 0 Å². The zero-order chi connectivity index (χ0) is 10.0. The Kier molecular flexibility index (Phi) is 2.48. The van der Waals surface area contributed by atoms with Crippen molar-refractivity contribution in [3.05, 3.63) is 22.9 Å². The summed E-state index contributed by atoms with van der Waals surface area (Å²) in [5, 5.41) is 9.45. The van der Waals surface area contributed by atoms with Crippen LogP contribution in [0.3, 0.4) is 0 Å². The summed E-state index contributed by atoms with van der Waals surface area (Å²) in [6.07, 6.45) is 2.18. The Morgan fingerprint density at radius 1 is 1.54 bits per heavy atom. The van der Waals surface area contributed by atoms with Gasteiger partial charge in [0.05, 0.1) is 16.4 Å². The van der Waals surface area contributed by atoms with Gasteiger partial charge in [0.1, 0.15) is 0 Å². The van der Waals surface area contributed by atoms with Gasteiger partial charge in [-0.25, -0.2) is 4.79 Å². The Balaban J connectivity index is 2.92. The van der Waals surface area contributed by atoms with Crippen LogP contribution in [0.25, 0.3) is 0 Å². The van der Waals surface area contributed by atoms with Gasteiger partial charge in [-0.1, -0.05) is 11.6 Å². The normalized spacial score (nSPS) is 16.4. The summed E-state index contributed by atoms with van der Waals surface area (Å²) in [5.41, 5.74) is 4.71. The van der Waals surface area contributed by atoms with Crippen LogP contribution in [0, 0.1) is 5.41 Å². The summed E-state index contributed by atoms with van der Waals surface area (Å²) in [6.45, 7) is 0. The van der Waals surface area contributed by atoms with E-state index < -0.39 is 6.03 Å². The van der Waals surface area contributed by atoms with Gasteiger partial charge in [-0.15, -0.1) is 0 Å². The first-order chi connectivity index (χ1) is 6.00. The van der Waals surface area contributed by atoms with Gasteiger partial charge in [0.25, 0.3) is 0 Å². The van der Waals surface area contributed by atoms with Gasteiger partial charge in [-0.2, -0.15) is 0 Å². The molecule has 0 unspecified atom stereocenters. The number of nitrogens with two attached hydrogens (primary N) is 1. The second kappa shape index (κ2) is 3.40. The van der Waals surface area contributed by atoms with Crippen molar-refractivity contribution >= 4 is 29.1 Å². The fraction of sp³-hybridized carbons (Fsp3) is 0. The Morgan fingerprint density at radius 2 is 2.15 bits per heavy atom. The van der Waals surface area contributed by atoms with Gasteiger partial charge < -0.3 is 11.1 Å². The molecule has 0 aromatic rings. The van der Waals surface area contributed by atoms with Gasteiger partial charge >= 0.3 is 6.03 Å². The van der Waals surface area contributed by atoms with Crippen molar-refractivity contribution in [2.24, 2.45) is 5.73 Å². The monoisotopic (exact) mass is 199 g/mol. The first-order valence-corrected chi connectivity index (χ1v) is 3.67. The number of primary amides is 1. The van der Waals surface area contributed by atoms with Crippen molar-refractivity contribution in [1.82, 2.24) is 5.32 Å². The molecule has 0 heterocycles. The highest BCUT2D eigenvalue weighted by Gasteiger charge is 2.17. The molecule has 1 aliphatic carbocycles. The van der Waals surface area contributed by atoms with Crippen LogP contribution in [0.5, 0.6) is 0 Å². The molecule has 0 aliphatic heterocycles. The summed E-state index contributed by atoms with van der Waals surface area (Å²) in [7, 11) is 0. The topological polar surface area (TPSA) is 96.0 Å². The Bertz CT molecular complexity index is 357. The summed E-state index contributed by atoms with van der Waals surface area (Å²) in [6, 6.07) is -0.838. The van der Waals surface area contributed by atoms with E-state index >= 15 is 0 Å². The number of carbonyl (C=O) groups is 2. The minimum atomic E-state index is -0.838. The maximum absolute atomic E-state index is 10.9. The standard InChI is InChI=1S/C7H6ClN3O2/c8-4-1-3(12)2-5(6(4)9)11-7(10)13/h1-2,9H,(H3,10,11,13). The fourth-order valence-electron chi connectivity index (χ4n) is 0.813. The highest BCUT2D eigenvalue weighted by atomic mass is 35.5. The first-order valence-electron chi connectivity index (χ1n) is 3.29. The molecule has 0 aromatic carbocycles. The predicted octanol–water partition coefficient (Wildman–Crippen LogP) is 0.264. The maximum atomic E-state index is 10.9. The van der Waals surface area contributed by atoms with Crippen molar-refractivity contribution in [1.29, 1.82) is 5.41 Å². The molecule has 0 fully saturated rings.